The number of ether oxygens (including phenoxy) is 1. The maximum Gasteiger partial charge on any atom is 0.245 e. The second kappa shape index (κ2) is 29.3. The number of ketones is 1. The van der Waals surface area contributed by atoms with E-state index in [1.807, 2.05) is 129 Å². The van der Waals surface area contributed by atoms with Gasteiger partial charge in [-0.05, 0) is 91.5 Å². The third-order valence-electron chi connectivity index (χ3n) is 18.2. The van der Waals surface area contributed by atoms with Crippen molar-refractivity contribution < 1.29 is 33.3 Å². The molecule has 6 aromatic carbocycles. The van der Waals surface area contributed by atoms with Gasteiger partial charge in [0.05, 0.1) is 30.8 Å². The summed E-state index contributed by atoms with van der Waals surface area (Å²) in [6.07, 6.45) is 16.1. The van der Waals surface area contributed by atoms with Gasteiger partial charge in [-0.2, -0.15) is 4.58 Å². The number of carbonyl (C=O) groups is 5. The van der Waals surface area contributed by atoms with Crippen LogP contribution in [0.4, 0.5) is 11.4 Å². The van der Waals surface area contributed by atoms with E-state index in [0.29, 0.717) is 25.0 Å². The van der Waals surface area contributed by atoms with E-state index in [2.05, 4.69) is 155 Å². The number of likely N-dealkylation sites (N-methyl/N-ethyl adjacent to an activating group) is 1. The van der Waals surface area contributed by atoms with E-state index in [1.165, 1.54) is 38.6 Å². The van der Waals surface area contributed by atoms with Crippen molar-refractivity contribution >= 4 is 46.5 Å². The highest BCUT2D eigenvalue weighted by Crippen LogP contribution is 2.47. The average molecular weight is 1240 g/mol. The largest absolute Gasteiger partial charge is 0.361 e. The van der Waals surface area contributed by atoms with Crippen LogP contribution in [0.5, 0.6) is 0 Å². The highest BCUT2D eigenvalue weighted by atomic mass is 16.6. The summed E-state index contributed by atoms with van der Waals surface area (Å²) in [5.74, 6) is -1.88. The number of carbonyl (C=O) groups excluding carboxylic acids is 5. The zero-order valence-electron chi connectivity index (χ0n) is 54.4. The number of epoxide rings is 1. The first-order valence-electron chi connectivity index (χ1n) is 32.4. The van der Waals surface area contributed by atoms with Crippen LogP contribution in [-0.2, 0) is 65.3 Å². The summed E-state index contributed by atoms with van der Waals surface area (Å²) in [4.78, 5) is 74.1. The van der Waals surface area contributed by atoms with Gasteiger partial charge in [0.1, 0.15) is 36.0 Å². The Bertz CT molecular complexity index is 3860. The minimum absolute atomic E-state index is 0.0717. The van der Waals surface area contributed by atoms with Crippen LogP contribution in [0.3, 0.4) is 0 Å². The van der Waals surface area contributed by atoms with Gasteiger partial charge in [-0.15, -0.1) is 5.10 Å². The molecule has 0 bridgehead atoms. The Morgan fingerprint density at radius 2 is 1.17 bits per heavy atom. The molecule has 3 aliphatic rings. The van der Waals surface area contributed by atoms with Crippen molar-refractivity contribution in [2.45, 2.75) is 147 Å². The van der Waals surface area contributed by atoms with E-state index < -0.39 is 47.5 Å². The summed E-state index contributed by atoms with van der Waals surface area (Å²) in [5.41, 5.74) is 11.2. The van der Waals surface area contributed by atoms with Crippen molar-refractivity contribution in [2.75, 3.05) is 25.1 Å². The van der Waals surface area contributed by atoms with Crippen LogP contribution in [0.25, 0.3) is 11.1 Å². The van der Waals surface area contributed by atoms with Crippen molar-refractivity contribution in [3.05, 3.63) is 240 Å². The Hall–Kier alpha value is -9.34. The predicted molar refractivity (Wildman–Crippen MR) is 363 cm³/mol. The number of benzene rings is 6. The second-order valence-corrected chi connectivity index (χ2v) is 26.3. The fourth-order valence-corrected chi connectivity index (χ4v) is 12.8. The molecule has 0 saturated carbocycles. The number of hydrogen-bond donors (Lipinski definition) is 4. The van der Waals surface area contributed by atoms with Gasteiger partial charge in [-0.25, -0.2) is 4.68 Å². The molecule has 92 heavy (non-hydrogen) atoms. The van der Waals surface area contributed by atoms with Crippen molar-refractivity contribution in [3.63, 3.8) is 0 Å². The highest BCUT2D eigenvalue weighted by Gasteiger charge is 2.50. The number of nitrogens with zero attached hydrogens (tertiary/aromatic N) is 5. The maximum atomic E-state index is 15.0. The topological polar surface area (TPSA) is 183 Å². The summed E-state index contributed by atoms with van der Waals surface area (Å²) in [6, 6.07) is 49.8. The monoisotopic (exact) mass is 1230 g/mol. The molecule has 0 aliphatic carbocycles. The van der Waals surface area contributed by atoms with Crippen molar-refractivity contribution in [2.24, 2.45) is 5.92 Å². The zero-order chi connectivity index (χ0) is 65.0. The van der Waals surface area contributed by atoms with Crippen molar-refractivity contribution in [1.29, 1.82) is 0 Å². The molecule has 3 aliphatic heterocycles. The highest BCUT2D eigenvalue weighted by molar-refractivity contribution is 6.03. The second-order valence-electron chi connectivity index (χ2n) is 26.3. The first-order chi connectivity index (χ1) is 44.3. The third kappa shape index (κ3) is 15.9. The number of fused-ring (bicyclic) bond motifs is 2. The normalized spacial score (nSPS) is 17.9. The zero-order valence-corrected chi connectivity index (χ0v) is 54.4. The molecule has 1 fully saturated rings. The standard InChI is InChI=1S/C77H87N9O6/c1-53(2)46-62(71(88)77(7)52-92-77)79-72(89)63(47-54-28-14-9-15-29-54)80-73(90)64(48-56-41-43-58(44-42-56)57-32-18-11-19-33-57)81-74(91)67(49-55-30-16-10-17-31-55)86-51-59(82-83-86)50-78-70(87)40-22-13-27-45-85-66-37-26-24-35-61(66)76(5,6)69(85)39-21-12-20-38-68-75(3,4)60-34-23-25-36-65(60)84(68)8/h9-12,14-21,23-26,28-39,41-44,51,53,62-64,67H,13,22,27,40,45-50,52H2,1-8H3,(H3-,78,79,80,81,87,89,90,91)/p+1/t62-,63-,64-,67-,77+/m0/s1. The number of unbranched alkanes of at least 4 members (excludes halogenated alkanes) is 2. The molecule has 15 nitrogen and oxygen atoms in total. The number of rotatable bonds is 29. The number of Topliss-reactive ketones (excluding diaryl/α,β-unsaturated/α-hetero) is 1. The molecule has 5 atom stereocenters. The van der Waals surface area contributed by atoms with Gasteiger partial charge >= 0.3 is 0 Å². The van der Waals surface area contributed by atoms with E-state index in [9.17, 15) is 14.4 Å². The number of hydrogen-bond acceptors (Lipinski definition) is 9. The SMILES string of the molecule is CC(C)C[C@H](NC(=O)[C@H](Cc1ccccc1)NC(=O)[C@H](Cc1ccc(-c2ccccc2)cc1)NC(=O)[C@H](Cc1ccccc1)n1cc(CNC(=O)CCCCC[N+]2=C(/C=C/C=C/C=C3/N(C)c4ccccc4C3(C)C)C(C)(C)c3ccccc32)nn1)C(=O)[C@@]1(C)CO1. The van der Waals surface area contributed by atoms with Crippen LogP contribution >= 0.6 is 0 Å². The first kappa shape index (κ1) is 65.6. The molecule has 1 saturated heterocycles. The number of aromatic nitrogens is 3. The summed E-state index contributed by atoms with van der Waals surface area (Å²) in [6.45, 7) is 16.0. The van der Waals surface area contributed by atoms with E-state index in [-0.39, 0.29) is 60.9 Å². The maximum absolute atomic E-state index is 15.0. The molecule has 15 heteroatoms. The van der Waals surface area contributed by atoms with Gasteiger partial charge in [0.15, 0.2) is 11.5 Å². The van der Waals surface area contributed by atoms with Gasteiger partial charge < -0.3 is 30.9 Å². The molecule has 0 unspecified atom stereocenters. The van der Waals surface area contributed by atoms with E-state index in [4.69, 9.17) is 4.74 Å². The van der Waals surface area contributed by atoms with Crippen LogP contribution in [0, 0.1) is 5.92 Å². The molecule has 4 N–H and O–H groups in total. The first-order valence-corrected chi connectivity index (χ1v) is 32.4. The van der Waals surface area contributed by atoms with Crippen molar-refractivity contribution in [1.82, 2.24) is 36.3 Å². The minimum Gasteiger partial charge on any atom is -0.361 e. The van der Waals surface area contributed by atoms with Gasteiger partial charge in [0.25, 0.3) is 0 Å². The Labute approximate surface area is 542 Å². The van der Waals surface area contributed by atoms with Gasteiger partial charge in [-0.3, -0.25) is 24.0 Å². The molecule has 0 radical (unpaired) electrons. The lowest BCUT2D eigenvalue weighted by atomic mass is 9.81. The molecule has 7 aromatic rings. The fraction of sp³-hybridized carbons (Fsp3) is 0.351. The molecular formula is C77H88N9O6+. The van der Waals surface area contributed by atoms with Crippen LogP contribution in [0.1, 0.15) is 120 Å². The minimum atomic E-state index is -1.17. The van der Waals surface area contributed by atoms with E-state index >= 15 is 9.59 Å². The third-order valence-corrected chi connectivity index (χ3v) is 18.2. The number of nitrogens with one attached hydrogen (secondary N) is 4. The fourth-order valence-electron chi connectivity index (χ4n) is 12.8. The molecule has 0 spiro atoms. The van der Waals surface area contributed by atoms with E-state index in [1.54, 1.807) is 13.1 Å². The molecular weight excluding hydrogens is 1150 g/mol. The van der Waals surface area contributed by atoms with E-state index in [0.717, 1.165) is 47.2 Å². The average Bonchev–Trinajstić information content (AvgIpc) is 1.62. The molecule has 476 valence electrons. The molecule has 4 amide bonds. The summed E-state index contributed by atoms with van der Waals surface area (Å²) < 4.78 is 9.44. The number of amides is 4. The van der Waals surface area contributed by atoms with Crippen molar-refractivity contribution in [3.8, 4) is 11.1 Å². The Morgan fingerprint density at radius 3 is 1.82 bits per heavy atom. The lowest BCUT2D eigenvalue weighted by molar-refractivity contribution is -0.438. The number of allylic oxidation sites excluding steroid dienone is 6. The molecule has 1 aromatic heterocycles. The summed E-state index contributed by atoms with van der Waals surface area (Å²) in [5, 5.41) is 21.0. The smallest absolute Gasteiger partial charge is 0.245 e. The summed E-state index contributed by atoms with van der Waals surface area (Å²) >= 11 is 0. The van der Waals surface area contributed by atoms with Crippen LogP contribution in [0.15, 0.2) is 206 Å². The Kier molecular flexibility index (Phi) is 20.9. The predicted octanol–water partition coefficient (Wildman–Crippen LogP) is 11.7. The quantitative estimate of drug-likeness (QED) is 0.0153. The Balaban J connectivity index is 0.802. The number of para-hydroxylation sites is 2. The van der Waals surface area contributed by atoms with Gasteiger partial charge in [0, 0.05) is 73.7 Å². The van der Waals surface area contributed by atoms with Crippen LogP contribution in [-0.4, -0.2) is 98.6 Å². The van der Waals surface area contributed by atoms with Gasteiger partial charge in [0.2, 0.25) is 29.3 Å². The molecule has 4 heterocycles. The number of anilines is 1. The van der Waals surface area contributed by atoms with Crippen LogP contribution in [0.2, 0.25) is 0 Å². The molecule has 10 rings (SSSR count). The lowest BCUT2D eigenvalue weighted by Gasteiger charge is -2.27. The van der Waals surface area contributed by atoms with Crippen LogP contribution < -0.4 is 26.2 Å². The van der Waals surface area contributed by atoms with Gasteiger partial charge in [-0.1, -0.05) is 203 Å². The lowest BCUT2D eigenvalue weighted by Crippen LogP contribution is -2.58. The Morgan fingerprint density at radius 1 is 0.609 bits per heavy atom. The summed E-state index contributed by atoms with van der Waals surface area (Å²) in [7, 11) is 2.14.